The van der Waals surface area contributed by atoms with Crippen molar-refractivity contribution in [3.05, 3.63) is 41.9 Å². The van der Waals surface area contributed by atoms with Crippen molar-refractivity contribution in [1.82, 2.24) is 19.4 Å². The molecular formula is C20H28N4O2. The number of hydrogen-bond acceptors (Lipinski definition) is 4. The Morgan fingerprint density at radius 3 is 2.88 bits per heavy atom. The maximum absolute atomic E-state index is 12.9. The highest BCUT2D eigenvalue weighted by Gasteiger charge is 2.29. The van der Waals surface area contributed by atoms with Crippen LogP contribution in [0.25, 0.3) is 0 Å². The normalized spacial score (nSPS) is 21.4. The number of carbonyl (C=O) groups excluding carboxylic acids is 1. The van der Waals surface area contributed by atoms with Gasteiger partial charge in [-0.1, -0.05) is 0 Å². The summed E-state index contributed by atoms with van der Waals surface area (Å²) < 4.78 is 8.06. The first-order valence-corrected chi connectivity index (χ1v) is 9.86. The second kappa shape index (κ2) is 7.66. The summed E-state index contributed by atoms with van der Waals surface area (Å²) in [7, 11) is 0. The van der Waals surface area contributed by atoms with E-state index in [-0.39, 0.29) is 5.91 Å². The number of hydrogen-bond donors (Lipinski definition) is 0. The smallest absolute Gasteiger partial charge is 0.289 e. The molecule has 140 valence electrons. The van der Waals surface area contributed by atoms with Gasteiger partial charge in [0.15, 0.2) is 5.76 Å². The van der Waals surface area contributed by atoms with Gasteiger partial charge in [-0.2, -0.15) is 0 Å². The van der Waals surface area contributed by atoms with Crippen molar-refractivity contribution in [3.63, 3.8) is 0 Å². The number of piperidine rings is 1. The minimum atomic E-state index is 0.0111. The molecule has 2 aromatic rings. The summed E-state index contributed by atoms with van der Waals surface area (Å²) in [6, 6.07) is 3.79. The van der Waals surface area contributed by atoms with Crippen LogP contribution in [0.3, 0.4) is 0 Å². The Morgan fingerprint density at radius 2 is 2.08 bits per heavy atom. The van der Waals surface area contributed by atoms with E-state index in [1.165, 1.54) is 12.8 Å². The van der Waals surface area contributed by atoms with Crippen molar-refractivity contribution in [1.29, 1.82) is 0 Å². The average Bonchev–Trinajstić information content (AvgIpc) is 3.43. The Hall–Kier alpha value is -2.08. The molecule has 6 heteroatoms. The van der Waals surface area contributed by atoms with Crippen molar-refractivity contribution >= 4 is 5.91 Å². The minimum absolute atomic E-state index is 0.0111. The fraction of sp³-hybridized carbons (Fsp3) is 0.600. The molecular weight excluding hydrogens is 328 g/mol. The Kier molecular flexibility index (Phi) is 5.11. The Bertz CT molecular complexity index is 745. The van der Waals surface area contributed by atoms with E-state index in [1.54, 1.807) is 0 Å². The van der Waals surface area contributed by atoms with E-state index >= 15 is 0 Å². The lowest BCUT2D eigenvalue weighted by atomic mass is 9.97. The fourth-order valence-corrected chi connectivity index (χ4v) is 4.22. The zero-order valence-electron chi connectivity index (χ0n) is 15.6. The number of likely N-dealkylation sites (tertiary alicyclic amines) is 2. The quantitative estimate of drug-likeness (QED) is 0.826. The molecule has 0 unspecified atom stereocenters. The number of rotatable bonds is 5. The summed E-state index contributed by atoms with van der Waals surface area (Å²) in [4.78, 5) is 21.8. The second-order valence-electron chi connectivity index (χ2n) is 7.41. The number of aryl methyl sites for hydroxylation is 1. The molecule has 1 atom stereocenters. The van der Waals surface area contributed by atoms with E-state index in [0.717, 1.165) is 63.7 Å². The molecule has 0 saturated carbocycles. The van der Waals surface area contributed by atoms with Gasteiger partial charge in [-0.3, -0.25) is 9.69 Å². The van der Waals surface area contributed by atoms with Gasteiger partial charge in [-0.15, -0.1) is 0 Å². The van der Waals surface area contributed by atoms with E-state index in [2.05, 4.69) is 21.4 Å². The third-order valence-corrected chi connectivity index (χ3v) is 5.61. The third-order valence-electron chi connectivity index (χ3n) is 5.61. The van der Waals surface area contributed by atoms with Gasteiger partial charge < -0.3 is 13.9 Å². The highest BCUT2D eigenvalue weighted by molar-refractivity contribution is 5.91. The molecule has 0 aromatic carbocycles. The molecule has 1 amide bonds. The first-order valence-electron chi connectivity index (χ1n) is 9.86. The molecule has 2 aliphatic rings. The van der Waals surface area contributed by atoms with Crippen LogP contribution in [0, 0.1) is 0 Å². The molecule has 0 N–H and O–H groups in total. The van der Waals surface area contributed by atoms with Crippen LogP contribution in [-0.4, -0.2) is 51.4 Å². The van der Waals surface area contributed by atoms with E-state index in [0.29, 0.717) is 11.7 Å². The average molecular weight is 356 g/mol. The lowest BCUT2D eigenvalue weighted by Crippen LogP contribution is -2.39. The lowest BCUT2D eigenvalue weighted by molar-refractivity contribution is 0.0667. The van der Waals surface area contributed by atoms with Crippen LogP contribution in [0.4, 0.5) is 0 Å². The standard InChI is InChI=1S/C20H28N4O2/c1-2-23-13-9-21-19(23)16-6-5-12-24(14-16)20(25)18-8-7-17(26-18)15-22-10-3-4-11-22/h7-9,13,16H,2-6,10-12,14-15H2,1H3/t16-/m1/s1. The zero-order chi connectivity index (χ0) is 17.9. The Balaban J connectivity index is 1.42. The molecule has 2 aliphatic heterocycles. The fourth-order valence-electron chi connectivity index (χ4n) is 4.22. The maximum atomic E-state index is 12.9. The van der Waals surface area contributed by atoms with Gasteiger partial charge in [0.25, 0.3) is 5.91 Å². The zero-order valence-corrected chi connectivity index (χ0v) is 15.6. The number of amides is 1. The Labute approximate surface area is 154 Å². The maximum Gasteiger partial charge on any atom is 0.289 e. The van der Waals surface area contributed by atoms with E-state index < -0.39 is 0 Å². The third kappa shape index (κ3) is 3.56. The van der Waals surface area contributed by atoms with Gasteiger partial charge >= 0.3 is 0 Å². The van der Waals surface area contributed by atoms with Gasteiger partial charge in [-0.25, -0.2) is 4.98 Å². The molecule has 0 radical (unpaired) electrons. The van der Waals surface area contributed by atoms with Crippen molar-refractivity contribution in [2.75, 3.05) is 26.2 Å². The van der Waals surface area contributed by atoms with Crippen LogP contribution in [0.5, 0.6) is 0 Å². The topological polar surface area (TPSA) is 54.5 Å². The molecule has 6 nitrogen and oxygen atoms in total. The van der Waals surface area contributed by atoms with Crippen LogP contribution < -0.4 is 0 Å². The van der Waals surface area contributed by atoms with Gasteiger partial charge in [0.05, 0.1) is 6.54 Å². The number of furan rings is 1. The molecule has 0 spiro atoms. The summed E-state index contributed by atoms with van der Waals surface area (Å²) in [6.07, 6.45) is 8.49. The second-order valence-corrected chi connectivity index (χ2v) is 7.41. The lowest BCUT2D eigenvalue weighted by Gasteiger charge is -2.32. The molecule has 2 saturated heterocycles. The van der Waals surface area contributed by atoms with Gasteiger partial charge in [-0.05, 0) is 57.8 Å². The highest BCUT2D eigenvalue weighted by Crippen LogP contribution is 2.27. The van der Waals surface area contributed by atoms with Crippen molar-refractivity contribution in [2.45, 2.75) is 51.6 Å². The summed E-state index contributed by atoms with van der Waals surface area (Å²) >= 11 is 0. The number of carbonyl (C=O) groups is 1. The first-order chi connectivity index (χ1) is 12.7. The molecule has 2 aromatic heterocycles. The highest BCUT2D eigenvalue weighted by atomic mass is 16.4. The van der Waals surface area contributed by atoms with Crippen molar-refractivity contribution in [2.24, 2.45) is 0 Å². The summed E-state index contributed by atoms with van der Waals surface area (Å²) in [5, 5.41) is 0. The molecule has 4 heterocycles. The summed E-state index contributed by atoms with van der Waals surface area (Å²) in [5.41, 5.74) is 0. The molecule has 26 heavy (non-hydrogen) atoms. The van der Waals surface area contributed by atoms with Gasteiger partial charge in [0.2, 0.25) is 0 Å². The molecule has 0 aliphatic carbocycles. The van der Waals surface area contributed by atoms with Crippen LogP contribution in [-0.2, 0) is 13.1 Å². The van der Waals surface area contributed by atoms with E-state index in [1.807, 2.05) is 29.4 Å². The number of nitrogens with zero attached hydrogens (tertiary/aromatic N) is 4. The SMILES string of the molecule is CCn1ccnc1[C@@H]1CCCN(C(=O)c2ccc(CN3CCCC3)o2)C1. The van der Waals surface area contributed by atoms with Crippen LogP contribution in [0.1, 0.15) is 60.7 Å². The summed E-state index contributed by atoms with van der Waals surface area (Å²) in [5.74, 6) is 2.78. The van der Waals surface area contributed by atoms with Crippen LogP contribution in [0.15, 0.2) is 28.9 Å². The van der Waals surface area contributed by atoms with Gasteiger partial charge in [0.1, 0.15) is 11.6 Å². The largest absolute Gasteiger partial charge is 0.455 e. The minimum Gasteiger partial charge on any atom is -0.455 e. The van der Waals surface area contributed by atoms with Crippen molar-refractivity contribution < 1.29 is 9.21 Å². The number of imidazole rings is 1. The van der Waals surface area contributed by atoms with Crippen LogP contribution in [0.2, 0.25) is 0 Å². The van der Waals surface area contributed by atoms with E-state index in [4.69, 9.17) is 4.42 Å². The predicted molar refractivity (Wildman–Crippen MR) is 99.0 cm³/mol. The molecule has 4 rings (SSSR count). The number of aromatic nitrogens is 2. The van der Waals surface area contributed by atoms with Crippen LogP contribution >= 0.6 is 0 Å². The molecule has 2 fully saturated rings. The first kappa shape index (κ1) is 17.3. The van der Waals surface area contributed by atoms with E-state index in [9.17, 15) is 4.79 Å². The Morgan fingerprint density at radius 1 is 1.23 bits per heavy atom. The van der Waals surface area contributed by atoms with Crippen molar-refractivity contribution in [3.8, 4) is 0 Å². The van der Waals surface area contributed by atoms with Gasteiger partial charge in [0, 0.05) is 37.9 Å². The molecule has 0 bridgehead atoms. The summed E-state index contributed by atoms with van der Waals surface area (Å²) in [6.45, 7) is 7.62. The monoisotopic (exact) mass is 356 g/mol. The predicted octanol–water partition coefficient (Wildman–Crippen LogP) is 3.11.